The third-order valence-corrected chi connectivity index (χ3v) is 6.56. The topological polar surface area (TPSA) is 52.0 Å². The first-order valence-corrected chi connectivity index (χ1v) is 10.7. The van der Waals surface area contributed by atoms with E-state index in [4.69, 9.17) is 4.98 Å². The number of carbonyl (C=O) groups is 1. The van der Waals surface area contributed by atoms with Crippen molar-refractivity contribution in [2.24, 2.45) is 0 Å². The van der Waals surface area contributed by atoms with Crippen LogP contribution in [0.2, 0.25) is 0 Å². The number of benzene rings is 2. The van der Waals surface area contributed by atoms with Gasteiger partial charge in [-0.3, -0.25) is 14.2 Å². The number of ketones is 1. The molecule has 0 amide bonds. The molecule has 0 spiro atoms. The Morgan fingerprint density at radius 1 is 1.04 bits per heavy atom. The van der Waals surface area contributed by atoms with E-state index in [1.54, 1.807) is 4.57 Å². The largest absolute Gasteiger partial charge is 0.298 e. The molecule has 0 unspecified atom stereocenters. The lowest BCUT2D eigenvalue weighted by molar-refractivity contribution is -0.119. The number of aromatic nitrogens is 2. The van der Waals surface area contributed by atoms with Crippen molar-refractivity contribution in [2.75, 3.05) is 0 Å². The standard InChI is InChI=1S/C23H24N2O2S/c1-15(2)16-9-4-6-12-19(16)25-22(27)17-10-3-5-11-18(17)24-23(25)28-21-14-8-7-13-20(21)26/h3-6,9-12,15,21H,7-8,13-14H2,1-2H3/t21-/m0/s1. The molecule has 0 radical (unpaired) electrons. The smallest absolute Gasteiger partial charge is 0.266 e. The third-order valence-electron chi connectivity index (χ3n) is 5.29. The summed E-state index contributed by atoms with van der Waals surface area (Å²) in [4.78, 5) is 30.7. The summed E-state index contributed by atoms with van der Waals surface area (Å²) in [5, 5.41) is 1.08. The van der Waals surface area contributed by atoms with Crippen molar-refractivity contribution in [1.82, 2.24) is 9.55 Å². The summed E-state index contributed by atoms with van der Waals surface area (Å²) in [6.07, 6.45) is 3.48. The predicted molar refractivity (Wildman–Crippen MR) is 115 cm³/mol. The van der Waals surface area contributed by atoms with Crippen molar-refractivity contribution in [3.05, 3.63) is 64.4 Å². The Labute approximate surface area is 169 Å². The average Bonchev–Trinajstić information content (AvgIpc) is 2.70. The zero-order valence-corrected chi connectivity index (χ0v) is 17.0. The molecule has 4 nitrogen and oxygen atoms in total. The van der Waals surface area contributed by atoms with Crippen molar-refractivity contribution < 1.29 is 4.79 Å². The van der Waals surface area contributed by atoms with E-state index in [-0.39, 0.29) is 22.5 Å². The summed E-state index contributed by atoms with van der Waals surface area (Å²) < 4.78 is 1.71. The highest BCUT2D eigenvalue weighted by molar-refractivity contribution is 8.00. The average molecular weight is 393 g/mol. The molecule has 1 aliphatic rings. The SMILES string of the molecule is CC(C)c1ccccc1-n1c(S[C@H]2CCCCC2=O)nc2ccccc2c1=O. The fourth-order valence-corrected chi connectivity index (χ4v) is 5.01. The van der Waals surface area contributed by atoms with Crippen LogP contribution in [0.5, 0.6) is 0 Å². The fourth-order valence-electron chi connectivity index (χ4n) is 3.79. The minimum atomic E-state index is -0.126. The lowest BCUT2D eigenvalue weighted by Gasteiger charge is -2.22. The molecule has 1 saturated carbocycles. The summed E-state index contributed by atoms with van der Waals surface area (Å²) in [6, 6.07) is 15.4. The molecule has 1 aliphatic carbocycles. The number of rotatable bonds is 4. The number of hydrogen-bond acceptors (Lipinski definition) is 4. The summed E-state index contributed by atoms with van der Waals surface area (Å²) >= 11 is 1.45. The molecule has 0 bridgehead atoms. The van der Waals surface area contributed by atoms with Crippen LogP contribution in [0.25, 0.3) is 16.6 Å². The molecule has 4 rings (SSSR count). The van der Waals surface area contributed by atoms with Gasteiger partial charge in [-0.1, -0.05) is 62.4 Å². The highest BCUT2D eigenvalue weighted by atomic mass is 32.2. The normalized spacial score (nSPS) is 17.4. The molecule has 2 aromatic carbocycles. The molecule has 0 saturated heterocycles. The molecule has 1 atom stereocenters. The van der Waals surface area contributed by atoms with Crippen LogP contribution in [-0.4, -0.2) is 20.6 Å². The maximum Gasteiger partial charge on any atom is 0.266 e. The molecule has 5 heteroatoms. The maximum absolute atomic E-state index is 13.5. The van der Waals surface area contributed by atoms with Crippen molar-refractivity contribution >= 4 is 28.4 Å². The fraction of sp³-hybridized carbons (Fsp3) is 0.348. The van der Waals surface area contributed by atoms with E-state index in [1.807, 2.05) is 42.5 Å². The Hall–Kier alpha value is -2.40. The van der Waals surface area contributed by atoms with Crippen molar-refractivity contribution in [1.29, 1.82) is 0 Å². The van der Waals surface area contributed by atoms with Gasteiger partial charge in [0.15, 0.2) is 5.16 Å². The molecule has 1 heterocycles. The van der Waals surface area contributed by atoms with Gasteiger partial charge in [0, 0.05) is 6.42 Å². The van der Waals surface area contributed by atoms with Crippen LogP contribution in [-0.2, 0) is 4.79 Å². The first kappa shape index (κ1) is 18.9. The van der Waals surface area contributed by atoms with E-state index in [0.29, 0.717) is 22.5 Å². The first-order valence-electron chi connectivity index (χ1n) is 9.86. The van der Waals surface area contributed by atoms with E-state index in [1.165, 1.54) is 11.8 Å². The maximum atomic E-state index is 13.5. The quantitative estimate of drug-likeness (QED) is 0.579. The van der Waals surface area contributed by atoms with E-state index < -0.39 is 0 Å². The van der Waals surface area contributed by atoms with Gasteiger partial charge in [0.2, 0.25) is 0 Å². The van der Waals surface area contributed by atoms with Crippen molar-refractivity contribution in [2.45, 2.75) is 55.9 Å². The zero-order chi connectivity index (χ0) is 19.7. The molecular formula is C23H24N2O2S. The van der Waals surface area contributed by atoms with Gasteiger partial charge in [-0.05, 0) is 42.5 Å². The Balaban J connectivity index is 1.94. The summed E-state index contributed by atoms with van der Waals surface area (Å²) in [5.74, 6) is 0.533. The number of fused-ring (bicyclic) bond motifs is 1. The lowest BCUT2D eigenvalue weighted by Crippen LogP contribution is -2.26. The van der Waals surface area contributed by atoms with Gasteiger partial charge >= 0.3 is 0 Å². The number of hydrogen-bond donors (Lipinski definition) is 0. The molecule has 0 aliphatic heterocycles. The molecule has 1 aromatic heterocycles. The number of Topliss-reactive ketones (excluding diaryl/α,β-unsaturated/α-hetero) is 1. The Morgan fingerprint density at radius 3 is 2.57 bits per heavy atom. The second-order valence-electron chi connectivity index (χ2n) is 7.58. The van der Waals surface area contributed by atoms with E-state index >= 15 is 0 Å². The Morgan fingerprint density at radius 2 is 1.79 bits per heavy atom. The van der Waals surface area contributed by atoms with Crippen LogP contribution < -0.4 is 5.56 Å². The summed E-state index contributed by atoms with van der Waals surface area (Å²) in [7, 11) is 0. The van der Waals surface area contributed by atoms with Gasteiger partial charge in [0.1, 0.15) is 5.78 Å². The van der Waals surface area contributed by atoms with E-state index in [0.717, 1.165) is 30.5 Å². The Kier molecular flexibility index (Phi) is 5.36. The van der Waals surface area contributed by atoms with E-state index in [9.17, 15) is 9.59 Å². The third kappa shape index (κ3) is 3.51. The minimum Gasteiger partial charge on any atom is -0.298 e. The monoisotopic (exact) mass is 392 g/mol. The van der Waals surface area contributed by atoms with Crippen LogP contribution in [0.4, 0.5) is 0 Å². The predicted octanol–water partition coefficient (Wildman–Crippen LogP) is 5.11. The molecule has 28 heavy (non-hydrogen) atoms. The molecule has 144 valence electrons. The summed E-state index contributed by atoms with van der Waals surface area (Å²) in [6.45, 7) is 4.24. The highest BCUT2D eigenvalue weighted by Gasteiger charge is 2.26. The van der Waals surface area contributed by atoms with Gasteiger partial charge in [0.25, 0.3) is 5.56 Å². The van der Waals surface area contributed by atoms with Crippen molar-refractivity contribution in [3.8, 4) is 5.69 Å². The zero-order valence-electron chi connectivity index (χ0n) is 16.2. The minimum absolute atomic E-state index is 0.0792. The van der Waals surface area contributed by atoms with Crippen LogP contribution in [0.3, 0.4) is 0 Å². The van der Waals surface area contributed by atoms with Gasteiger partial charge < -0.3 is 0 Å². The van der Waals surface area contributed by atoms with Gasteiger partial charge in [-0.15, -0.1) is 0 Å². The van der Waals surface area contributed by atoms with Crippen LogP contribution in [0, 0.1) is 0 Å². The second-order valence-corrected chi connectivity index (χ2v) is 8.75. The number of thioether (sulfide) groups is 1. The number of nitrogens with zero attached hydrogens (tertiary/aromatic N) is 2. The van der Waals surface area contributed by atoms with Crippen molar-refractivity contribution in [3.63, 3.8) is 0 Å². The van der Waals surface area contributed by atoms with E-state index in [2.05, 4.69) is 19.9 Å². The van der Waals surface area contributed by atoms with Crippen LogP contribution in [0.1, 0.15) is 51.0 Å². The first-order chi connectivity index (χ1) is 13.6. The highest BCUT2D eigenvalue weighted by Crippen LogP contribution is 2.33. The number of carbonyl (C=O) groups excluding carboxylic acids is 1. The van der Waals surface area contributed by atoms with Gasteiger partial charge in [-0.2, -0.15) is 0 Å². The molecule has 3 aromatic rings. The van der Waals surface area contributed by atoms with Crippen LogP contribution in [0.15, 0.2) is 58.5 Å². The molecule has 1 fully saturated rings. The summed E-state index contributed by atoms with van der Waals surface area (Å²) in [5.41, 5.74) is 2.55. The molecular weight excluding hydrogens is 368 g/mol. The van der Waals surface area contributed by atoms with Gasteiger partial charge in [-0.25, -0.2) is 4.98 Å². The number of para-hydroxylation sites is 2. The van der Waals surface area contributed by atoms with Crippen LogP contribution >= 0.6 is 11.8 Å². The van der Waals surface area contributed by atoms with Gasteiger partial charge in [0.05, 0.1) is 21.8 Å². The Bertz CT molecular complexity index is 1090. The lowest BCUT2D eigenvalue weighted by atomic mass is 9.99. The second kappa shape index (κ2) is 7.92. The molecule has 0 N–H and O–H groups in total.